The molecule has 0 aromatic carbocycles. The molecule has 1 saturated heterocycles. The lowest BCUT2D eigenvalue weighted by molar-refractivity contribution is 0.0150. The molecule has 1 aliphatic rings. The molecule has 0 bridgehead atoms. The van der Waals surface area contributed by atoms with E-state index in [1.165, 1.54) is 0 Å². The average Bonchev–Trinajstić information content (AvgIpc) is 2.29. The maximum atomic E-state index is 10.8. The lowest BCUT2D eigenvalue weighted by Gasteiger charge is -2.28. The lowest BCUT2D eigenvalue weighted by atomic mass is 10.3. The van der Waals surface area contributed by atoms with Gasteiger partial charge in [-0.1, -0.05) is 0 Å². The number of ether oxygens (including phenoxy) is 1. The highest BCUT2D eigenvalue weighted by Gasteiger charge is 2.14. The third-order valence-electron chi connectivity index (χ3n) is 2.74. The Kier molecular flexibility index (Phi) is 7.96. The van der Waals surface area contributed by atoms with E-state index in [0.717, 1.165) is 45.0 Å². The summed E-state index contributed by atoms with van der Waals surface area (Å²) < 4.78 is 16.1. The van der Waals surface area contributed by atoms with Crippen molar-refractivity contribution in [2.45, 2.75) is 12.5 Å². The first-order valence-corrected chi connectivity index (χ1v) is 7.90. The summed E-state index contributed by atoms with van der Waals surface area (Å²) in [4.78, 5) is 2.22. The van der Waals surface area contributed by atoms with Crippen LogP contribution >= 0.6 is 0 Å². The molecule has 0 amide bonds. The predicted molar refractivity (Wildman–Crippen MR) is 69.7 cm³/mol. The number of morpholine rings is 1. The molecule has 1 aliphatic heterocycles. The van der Waals surface area contributed by atoms with Gasteiger partial charge in [-0.3, -0.25) is 9.11 Å². The molecule has 0 aliphatic carbocycles. The van der Waals surface area contributed by atoms with Gasteiger partial charge in [0.05, 0.1) is 19.3 Å². The number of rotatable bonds is 8. The van der Waals surface area contributed by atoms with Crippen molar-refractivity contribution in [1.29, 1.82) is 0 Å². The molecule has 1 rings (SSSR count). The fourth-order valence-corrected chi connectivity index (χ4v) is 2.37. The second-order valence-corrected chi connectivity index (χ2v) is 5.96. The second kappa shape index (κ2) is 8.99. The zero-order chi connectivity index (χ0) is 12.5. The first kappa shape index (κ1) is 15.0. The third-order valence-corrected chi connectivity index (χ3v) is 3.60. The molecular weight excluding hydrogens is 240 g/mol. The molecule has 17 heavy (non-hydrogen) atoms. The van der Waals surface area contributed by atoms with Gasteiger partial charge in [0.2, 0.25) is 0 Å². The average molecular weight is 264 g/mol. The molecule has 0 aromatic rings. The van der Waals surface area contributed by atoms with E-state index in [1.54, 1.807) is 6.26 Å². The Labute approximate surface area is 106 Å². The van der Waals surface area contributed by atoms with E-state index in [1.807, 2.05) is 0 Å². The minimum absolute atomic E-state index is 0.333. The minimum atomic E-state index is -0.710. The molecule has 0 saturated carbocycles. The first-order valence-electron chi connectivity index (χ1n) is 6.17. The van der Waals surface area contributed by atoms with Crippen LogP contribution in [-0.4, -0.2) is 78.3 Å². The van der Waals surface area contributed by atoms with Gasteiger partial charge in [0.15, 0.2) is 0 Å². The van der Waals surface area contributed by atoms with Crippen LogP contribution in [0.5, 0.6) is 0 Å². The van der Waals surface area contributed by atoms with Gasteiger partial charge in [0, 0.05) is 49.0 Å². The summed E-state index contributed by atoms with van der Waals surface area (Å²) in [5.41, 5.74) is 0. The summed E-state index contributed by atoms with van der Waals surface area (Å²) in [5, 5.41) is 13.0. The number of nitrogens with zero attached hydrogens (tertiary/aromatic N) is 1. The summed E-state index contributed by atoms with van der Waals surface area (Å²) in [7, 11) is -0.710. The van der Waals surface area contributed by atoms with Gasteiger partial charge in [0.25, 0.3) is 0 Å². The maximum absolute atomic E-state index is 10.8. The number of hydrogen-bond donors (Lipinski definition) is 2. The van der Waals surface area contributed by atoms with E-state index < -0.39 is 10.8 Å². The number of nitrogens with one attached hydrogen (secondary N) is 1. The standard InChI is InChI=1S/C11H24N2O3S/c1-17(15)8-2-3-12-9-11(14)10-13-4-6-16-7-5-13/h11-12,14H,2-10H2,1H3. The molecule has 2 N–H and O–H groups in total. The predicted octanol–water partition coefficient (Wildman–Crippen LogP) is -0.962. The molecule has 2 atom stereocenters. The SMILES string of the molecule is CS(=O)CCCNCC(O)CN1CCOCC1. The van der Waals surface area contributed by atoms with Crippen LogP contribution in [0.15, 0.2) is 0 Å². The summed E-state index contributed by atoms with van der Waals surface area (Å²) in [5.74, 6) is 0.729. The Balaban J connectivity index is 1.96. The number of hydrogen-bond acceptors (Lipinski definition) is 5. The van der Waals surface area contributed by atoms with Crippen LogP contribution in [0.3, 0.4) is 0 Å². The second-order valence-electron chi connectivity index (χ2n) is 4.40. The Morgan fingerprint density at radius 3 is 2.82 bits per heavy atom. The summed E-state index contributed by atoms with van der Waals surface area (Å²) in [6.07, 6.45) is 2.28. The molecule has 102 valence electrons. The van der Waals surface area contributed by atoms with Crippen LogP contribution in [0.1, 0.15) is 6.42 Å². The van der Waals surface area contributed by atoms with Crippen molar-refractivity contribution in [1.82, 2.24) is 10.2 Å². The van der Waals surface area contributed by atoms with Crippen LogP contribution in [0.2, 0.25) is 0 Å². The number of β-amino-alcohol motifs (C(OH)–C–C–N with tert-alkyl or cyclic N) is 1. The highest BCUT2D eigenvalue weighted by atomic mass is 32.2. The Morgan fingerprint density at radius 1 is 1.47 bits per heavy atom. The molecule has 0 radical (unpaired) electrons. The van der Waals surface area contributed by atoms with E-state index in [0.29, 0.717) is 13.1 Å². The monoisotopic (exact) mass is 264 g/mol. The van der Waals surface area contributed by atoms with Gasteiger partial charge in [-0.05, 0) is 13.0 Å². The number of aliphatic hydroxyl groups is 1. The van der Waals surface area contributed by atoms with Crippen molar-refractivity contribution in [3.63, 3.8) is 0 Å². The van der Waals surface area contributed by atoms with Crippen molar-refractivity contribution >= 4 is 10.8 Å². The minimum Gasteiger partial charge on any atom is -0.390 e. The van der Waals surface area contributed by atoms with Crippen LogP contribution < -0.4 is 5.32 Å². The Bertz CT molecular complexity index is 223. The molecule has 0 aromatic heterocycles. The fraction of sp³-hybridized carbons (Fsp3) is 1.00. The Hall–Kier alpha value is -0.0100. The van der Waals surface area contributed by atoms with E-state index in [2.05, 4.69) is 10.2 Å². The van der Waals surface area contributed by atoms with Crippen molar-refractivity contribution in [3.05, 3.63) is 0 Å². The van der Waals surface area contributed by atoms with Crippen LogP contribution in [0, 0.1) is 0 Å². The van der Waals surface area contributed by atoms with E-state index in [-0.39, 0.29) is 6.10 Å². The van der Waals surface area contributed by atoms with Gasteiger partial charge >= 0.3 is 0 Å². The van der Waals surface area contributed by atoms with E-state index in [4.69, 9.17) is 4.74 Å². The maximum Gasteiger partial charge on any atom is 0.0791 e. The van der Waals surface area contributed by atoms with Crippen molar-refractivity contribution in [2.75, 3.05) is 57.9 Å². The van der Waals surface area contributed by atoms with Gasteiger partial charge in [-0.15, -0.1) is 0 Å². The van der Waals surface area contributed by atoms with E-state index in [9.17, 15) is 9.32 Å². The molecule has 5 nitrogen and oxygen atoms in total. The zero-order valence-corrected chi connectivity index (χ0v) is 11.4. The van der Waals surface area contributed by atoms with Gasteiger partial charge < -0.3 is 15.2 Å². The summed E-state index contributed by atoms with van der Waals surface area (Å²) in [6, 6.07) is 0. The summed E-state index contributed by atoms with van der Waals surface area (Å²) in [6.45, 7) is 5.48. The topological polar surface area (TPSA) is 61.8 Å². The normalized spacial score (nSPS) is 21.3. The fourth-order valence-electron chi connectivity index (χ4n) is 1.82. The number of aliphatic hydroxyl groups excluding tert-OH is 1. The van der Waals surface area contributed by atoms with Gasteiger partial charge in [-0.25, -0.2) is 0 Å². The first-order chi connectivity index (χ1) is 8.18. The lowest BCUT2D eigenvalue weighted by Crippen LogP contribution is -2.43. The molecular formula is C11H24N2O3S. The third kappa shape index (κ3) is 7.83. The van der Waals surface area contributed by atoms with Crippen molar-refractivity contribution in [3.8, 4) is 0 Å². The zero-order valence-electron chi connectivity index (χ0n) is 10.6. The largest absolute Gasteiger partial charge is 0.390 e. The molecule has 1 heterocycles. The molecule has 1 fully saturated rings. The molecule has 6 heteroatoms. The van der Waals surface area contributed by atoms with Crippen LogP contribution in [-0.2, 0) is 15.5 Å². The van der Waals surface area contributed by atoms with Crippen molar-refractivity contribution in [2.24, 2.45) is 0 Å². The quantitative estimate of drug-likeness (QED) is 0.553. The van der Waals surface area contributed by atoms with Crippen LogP contribution in [0.4, 0.5) is 0 Å². The summed E-state index contributed by atoms with van der Waals surface area (Å²) >= 11 is 0. The highest BCUT2D eigenvalue weighted by Crippen LogP contribution is 1.98. The molecule has 2 unspecified atom stereocenters. The van der Waals surface area contributed by atoms with E-state index >= 15 is 0 Å². The Morgan fingerprint density at radius 2 is 2.18 bits per heavy atom. The smallest absolute Gasteiger partial charge is 0.0791 e. The van der Waals surface area contributed by atoms with Crippen LogP contribution in [0.25, 0.3) is 0 Å². The highest BCUT2D eigenvalue weighted by molar-refractivity contribution is 7.84. The van der Waals surface area contributed by atoms with Gasteiger partial charge in [0.1, 0.15) is 0 Å². The van der Waals surface area contributed by atoms with Gasteiger partial charge in [-0.2, -0.15) is 0 Å². The van der Waals surface area contributed by atoms with Crippen molar-refractivity contribution < 1.29 is 14.1 Å². The molecule has 0 spiro atoms.